The smallest absolute Gasteiger partial charge is 0.222 e. The molecule has 0 saturated carbocycles. The Hall–Kier alpha value is -3.76. The molecular weight excluding hydrogens is 1890 g/mol. The first-order chi connectivity index (χ1) is 70.3. The lowest BCUT2D eigenvalue weighted by molar-refractivity contribution is -0.131. The number of ether oxygens (including phenoxy) is 40. The van der Waals surface area contributed by atoms with E-state index >= 15 is 0 Å². The molecule has 0 rings (SSSR count). The molecule has 6 N–H and O–H groups in total. The molecule has 0 fully saturated rings. The largest absolute Gasteiger partial charge is 0.382 e. The Balaban J connectivity index is 5.03. The molecule has 0 aliphatic carbocycles. The molecule has 0 spiro atoms. The molecule has 0 saturated heterocycles. The monoisotopic (exact) mass is 2080 g/mol. The lowest BCUT2D eigenvalue weighted by Gasteiger charge is -2.34. The van der Waals surface area contributed by atoms with Gasteiger partial charge in [0, 0.05) is 73.2 Å². The van der Waals surface area contributed by atoms with E-state index in [-0.39, 0.29) is 142 Å². The first-order valence-electron chi connectivity index (χ1n) is 50.0. The summed E-state index contributed by atoms with van der Waals surface area (Å²) in [7, 11) is 4.90. The van der Waals surface area contributed by atoms with Crippen LogP contribution >= 0.6 is 0 Å². The molecule has 0 aromatic rings. The van der Waals surface area contributed by atoms with Crippen LogP contribution in [0.3, 0.4) is 0 Å². The van der Waals surface area contributed by atoms with E-state index in [2.05, 4.69) is 21.3 Å². The predicted molar refractivity (Wildman–Crippen MR) is 513 cm³/mol. The van der Waals surface area contributed by atoms with Crippen LogP contribution in [0.4, 0.5) is 0 Å². The zero-order valence-corrected chi connectivity index (χ0v) is 86.1. The van der Waals surface area contributed by atoms with Gasteiger partial charge in [-0.3, -0.25) is 19.2 Å². The molecular formula is C93H185N5O44. The van der Waals surface area contributed by atoms with Crippen molar-refractivity contribution in [3.8, 4) is 0 Å². The topological polar surface area (TPSA) is 512 Å². The third kappa shape index (κ3) is 118. The zero-order chi connectivity index (χ0) is 102. The summed E-state index contributed by atoms with van der Waals surface area (Å²) >= 11 is 0. The Bertz CT molecular complexity index is 2250. The maximum absolute atomic E-state index is 13.9. The third-order valence-electron chi connectivity index (χ3n) is 17.9. The highest BCUT2D eigenvalue weighted by Gasteiger charge is 2.34. The molecule has 0 aliphatic heterocycles. The van der Waals surface area contributed by atoms with Crippen molar-refractivity contribution in [2.45, 2.75) is 31.2 Å². The highest BCUT2D eigenvalue weighted by atomic mass is 16.6. The average Bonchev–Trinajstić information content (AvgIpc) is 0.852. The third-order valence-corrected chi connectivity index (χ3v) is 17.9. The van der Waals surface area contributed by atoms with Crippen LogP contribution in [0.15, 0.2) is 0 Å². The molecule has 0 bridgehead atoms. The number of nitrogens with one attached hydrogen (secondary N) is 4. The Morgan fingerprint density at radius 1 is 0.155 bits per heavy atom. The van der Waals surface area contributed by atoms with Crippen LogP contribution < -0.4 is 27.0 Å². The number of amides is 4. The van der Waals surface area contributed by atoms with E-state index in [1.807, 2.05) is 0 Å². The lowest BCUT2D eigenvalue weighted by Crippen LogP contribution is -2.59. The first-order valence-corrected chi connectivity index (χ1v) is 50.0. The second kappa shape index (κ2) is 124. The van der Waals surface area contributed by atoms with Gasteiger partial charge in [-0.05, 0) is 0 Å². The van der Waals surface area contributed by atoms with Gasteiger partial charge in [-0.1, -0.05) is 0 Å². The van der Waals surface area contributed by atoms with Crippen LogP contribution in [0.1, 0.15) is 25.7 Å². The van der Waals surface area contributed by atoms with Gasteiger partial charge in [-0.25, -0.2) is 0 Å². The number of hydrogen-bond donors (Lipinski definition) is 5. The van der Waals surface area contributed by atoms with Crippen LogP contribution in [-0.2, 0) is 209 Å². The van der Waals surface area contributed by atoms with Crippen LogP contribution in [0.5, 0.6) is 0 Å². The molecule has 0 heterocycles. The molecule has 0 unspecified atom stereocenters. The van der Waals surface area contributed by atoms with Gasteiger partial charge in [0.1, 0.15) is 5.54 Å². The van der Waals surface area contributed by atoms with Crippen LogP contribution in [-0.4, -0.2) is 585 Å². The maximum Gasteiger partial charge on any atom is 0.222 e. The molecule has 0 aromatic carbocycles. The van der Waals surface area contributed by atoms with Gasteiger partial charge in [0.25, 0.3) is 0 Å². The Morgan fingerprint density at radius 3 is 0.423 bits per heavy atom. The highest BCUT2D eigenvalue weighted by molar-refractivity contribution is 5.77. The van der Waals surface area contributed by atoms with E-state index in [0.717, 1.165) is 0 Å². The first kappa shape index (κ1) is 138. The van der Waals surface area contributed by atoms with Crippen molar-refractivity contribution in [1.82, 2.24) is 21.3 Å². The van der Waals surface area contributed by atoms with Crippen molar-refractivity contribution in [3.63, 3.8) is 0 Å². The van der Waals surface area contributed by atoms with E-state index in [9.17, 15) is 19.2 Å². The van der Waals surface area contributed by atoms with Gasteiger partial charge < -0.3 is 216 Å². The highest BCUT2D eigenvalue weighted by Crippen LogP contribution is 2.12. The molecule has 846 valence electrons. The fourth-order valence-corrected chi connectivity index (χ4v) is 10.6. The summed E-state index contributed by atoms with van der Waals surface area (Å²) in [6.07, 6.45) is -0.190. The number of nitrogens with two attached hydrogens (primary N) is 1. The summed E-state index contributed by atoms with van der Waals surface area (Å²) in [6, 6.07) is 0. The summed E-state index contributed by atoms with van der Waals surface area (Å²) < 4.78 is 221. The quantitative estimate of drug-likeness (QED) is 0.0422. The van der Waals surface area contributed by atoms with Gasteiger partial charge >= 0.3 is 0 Å². The summed E-state index contributed by atoms with van der Waals surface area (Å²) in [4.78, 5) is 53.0. The van der Waals surface area contributed by atoms with Gasteiger partial charge in [-0.2, -0.15) is 0 Å². The van der Waals surface area contributed by atoms with E-state index in [1.165, 1.54) is 0 Å². The molecule has 0 atom stereocenters. The van der Waals surface area contributed by atoms with Crippen molar-refractivity contribution in [3.05, 3.63) is 0 Å². The fourth-order valence-electron chi connectivity index (χ4n) is 10.6. The van der Waals surface area contributed by atoms with E-state index in [0.29, 0.717) is 436 Å². The van der Waals surface area contributed by atoms with Crippen LogP contribution in [0.25, 0.3) is 0 Å². The summed E-state index contributed by atoms with van der Waals surface area (Å²) in [5.74, 6) is -1.35. The lowest BCUT2D eigenvalue weighted by atomic mass is 10.0. The SMILES string of the molecule is COCCOCCOCCOCCOCCOCCOCCOCCOCCOCCOCCNC(=O)CCOCC(COCCC(=O)NCCOCCOCCOCCOCCOCCOCCOCCOCCOCCOCCOC)(COCCC(=O)NCCOCCOCCOCCOCCOCCOCCOCCOCCOCCOCCOC)NC(=O)CCOCCOCCOCCOCCN. The average molecular weight is 2080 g/mol. The van der Waals surface area contributed by atoms with Gasteiger partial charge in [0.2, 0.25) is 23.6 Å². The van der Waals surface area contributed by atoms with Crippen LogP contribution in [0.2, 0.25) is 0 Å². The molecule has 0 radical (unpaired) electrons. The minimum atomic E-state index is -1.38. The van der Waals surface area contributed by atoms with Crippen molar-refractivity contribution < 1.29 is 209 Å². The summed E-state index contributed by atoms with van der Waals surface area (Å²) in [5, 5.41) is 11.5. The van der Waals surface area contributed by atoms with Crippen molar-refractivity contribution in [1.29, 1.82) is 0 Å². The van der Waals surface area contributed by atoms with E-state index < -0.39 is 11.4 Å². The number of rotatable bonds is 129. The standard InChI is InChI=1S/C93H185N5O44/c1-103-20-23-111-36-39-119-50-53-125-62-65-131-74-77-137-83-80-134-71-68-128-59-56-122-47-44-116-33-28-108-17-9-95-89(99)4-13-140-86-93(98-92(102)7-12-106-26-31-114-42-43-115-32-27-107-16-8-94,87-141-14-5-90(100)96-10-18-109-29-34-117-45-48-123-57-60-129-69-72-135-81-84-138-78-75-132-66-63-126-54-51-120-40-37-112-24-21-104-2)88-142-15-6-91(101)97-11-19-110-30-35-118-46-49-124-58-61-130-70-73-136-82-85-139-79-76-133-67-64-127-55-52-121-41-38-113-25-22-105-3/h4-88,94H2,1-3H3,(H,95,99)(H,96,100)(H,97,101)(H,98,102). The van der Waals surface area contributed by atoms with E-state index in [4.69, 9.17) is 195 Å². The molecule has 49 heteroatoms. The minimum absolute atomic E-state index is 0.0393. The van der Waals surface area contributed by atoms with E-state index in [1.54, 1.807) is 21.3 Å². The summed E-state index contributed by atoms with van der Waals surface area (Å²) in [5.41, 5.74) is 4.08. The second-order valence-electron chi connectivity index (χ2n) is 29.6. The normalized spacial score (nSPS) is 11.8. The molecule has 0 aliphatic rings. The Morgan fingerprint density at radius 2 is 0.275 bits per heavy atom. The van der Waals surface area contributed by atoms with Crippen LogP contribution in [0, 0.1) is 0 Å². The molecule has 4 amide bonds. The predicted octanol–water partition coefficient (Wildman–Crippen LogP) is -1.74. The number of carbonyl (C=O) groups is 4. The number of hydrogen-bond acceptors (Lipinski definition) is 45. The Labute approximate surface area is 843 Å². The van der Waals surface area contributed by atoms with Crippen molar-refractivity contribution in [2.24, 2.45) is 5.73 Å². The molecule has 0 aromatic heterocycles. The van der Waals surface area contributed by atoms with Crippen molar-refractivity contribution in [2.75, 3.05) is 556 Å². The molecule has 49 nitrogen and oxygen atoms in total. The Kier molecular flexibility index (Phi) is 121. The maximum atomic E-state index is 13.9. The fraction of sp³-hybridized carbons (Fsp3) is 0.957. The number of carbonyl (C=O) groups excluding carboxylic acids is 4. The van der Waals surface area contributed by atoms with Crippen molar-refractivity contribution >= 4 is 23.6 Å². The second-order valence-corrected chi connectivity index (χ2v) is 29.6. The molecule has 142 heavy (non-hydrogen) atoms. The minimum Gasteiger partial charge on any atom is -0.382 e. The van der Waals surface area contributed by atoms with Gasteiger partial charge in [0.15, 0.2) is 0 Å². The zero-order valence-electron chi connectivity index (χ0n) is 86.1. The van der Waals surface area contributed by atoms with Gasteiger partial charge in [-0.15, -0.1) is 0 Å². The summed E-state index contributed by atoms with van der Waals surface area (Å²) in [6.45, 7) is 30.3. The number of methoxy groups -OCH3 is 3. The van der Waals surface area contributed by atoms with Gasteiger partial charge in [0.05, 0.1) is 509 Å².